The van der Waals surface area contributed by atoms with Gasteiger partial charge in [-0.15, -0.1) is 0 Å². The molecule has 2 aromatic carbocycles. The minimum Gasteiger partial charge on any atom is -0.351 e. The Morgan fingerprint density at radius 2 is 1.94 bits per heavy atom. The number of amides is 1. The first kappa shape index (κ1) is 23.2. The molecule has 33 heavy (non-hydrogen) atoms. The van der Waals surface area contributed by atoms with Gasteiger partial charge in [-0.2, -0.15) is 11.3 Å². The summed E-state index contributed by atoms with van der Waals surface area (Å²) in [7, 11) is 0. The van der Waals surface area contributed by atoms with Gasteiger partial charge in [-0.3, -0.25) is 4.79 Å². The zero-order valence-corrected chi connectivity index (χ0v) is 19.9. The molecule has 1 atom stereocenters. The van der Waals surface area contributed by atoms with Crippen LogP contribution in [-0.2, 0) is 11.2 Å². The van der Waals surface area contributed by atoms with Crippen LogP contribution in [0.3, 0.4) is 0 Å². The molecule has 1 heterocycles. The van der Waals surface area contributed by atoms with Gasteiger partial charge in [0.15, 0.2) is 0 Å². The topological polar surface area (TPSA) is 32.3 Å². The Morgan fingerprint density at radius 1 is 1.15 bits per heavy atom. The second kappa shape index (κ2) is 10.8. The number of halogens is 1. The molecule has 0 spiro atoms. The number of hydrogen-bond acceptors (Lipinski definition) is 3. The van der Waals surface area contributed by atoms with Crippen molar-refractivity contribution in [1.29, 1.82) is 0 Å². The van der Waals surface area contributed by atoms with Gasteiger partial charge in [-0.05, 0) is 71.5 Å². The van der Waals surface area contributed by atoms with E-state index in [0.29, 0.717) is 12.1 Å². The maximum atomic E-state index is 14.3. The molecule has 0 aliphatic heterocycles. The SMILES string of the molecule is C=C(Cc1ccsc1)N(c1cccc(F)c1)C(C(=O)NC1CCCCC1)c1ccccc1C. The average Bonchev–Trinajstić information content (AvgIpc) is 3.31. The number of rotatable bonds is 8. The second-order valence-corrected chi connectivity index (χ2v) is 9.61. The van der Waals surface area contributed by atoms with Crippen molar-refractivity contribution >= 4 is 22.9 Å². The van der Waals surface area contributed by atoms with E-state index in [9.17, 15) is 9.18 Å². The maximum Gasteiger partial charge on any atom is 0.247 e. The third kappa shape index (κ3) is 5.72. The van der Waals surface area contributed by atoms with Crippen LogP contribution in [0.2, 0.25) is 0 Å². The monoisotopic (exact) mass is 462 g/mol. The van der Waals surface area contributed by atoms with E-state index >= 15 is 0 Å². The fourth-order valence-corrected chi connectivity index (χ4v) is 5.34. The van der Waals surface area contributed by atoms with E-state index in [1.165, 1.54) is 18.6 Å². The standard InChI is InChI=1S/C28H31FN2OS/c1-20-9-6-7-14-26(20)27(28(32)30-24-11-4-3-5-12-24)31(25-13-8-10-23(29)18-25)21(2)17-22-15-16-33-19-22/h6-10,13-16,18-19,24,27H,2-5,11-12,17H2,1H3,(H,30,32). The molecule has 1 saturated carbocycles. The largest absolute Gasteiger partial charge is 0.351 e. The van der Waals surface area contributed by atoms with Gasteiger partial charge in [-0.1, -0.05) is 56.2 Å². The number of nitrogens with zero attached hydrogens (tertiary/aromatic N) is 1. The number of carbonyl (C=O) groups is 1. The van der Waals surface area contributed by atoms with Crippen LogP contribution in [-0.4, -0.2) is 11.9 Å². The highest BCUT2D eigenvalue weighted by Crippen LogP contribution is 2.35. The molecular formula is C28H31FN2OS. The summed E-state index contributed by atoms with van der Waals surface area (Å²) < 4.78 is 14.3. The quantitative estimate of drug-likeness (QED) is 0.393. The van der Waals surface area contributed by atoms with Crippen molar-refractivity contribution in [3.8, 4) is 0 Å². The van der Waals surface area contributed by atoms with Gasteiger partial charge in [0.25, 0.3) is 0 Å². The van der Waals surface area contributed by atoms with E-state index in [2.05, 4.69) is 23.3 Å². The number of benzene rings is 2. The van der Waals surface area contributed by atoms with Gasteiger partial charge in [-0.25, -0.2) is 4.39 Å². The van der Waals surface area contributed by atoms with Crippen molar-refractivity contribution < 1.29 is 9.18 Å². The number of anilines is 1. The summed E-state index contributed by atoms with van der Waals surface area (Å²) in [6, 6.07) is 16.0. The molecule has 1 N–H and O–H groups in total. The molecule has 1 amide bonds. The first-order valence-electron chi connectivity index (χ1n) is 11.6. The van der Waals surface area contributed by atoms with Crippen molar-refractivity contribution in [2.24, 2.45) is 0 Å². The molecule has 172 valence electrons. The molecule has 1 aromatic heterocycles. The van der Waals surface area contributed by atoms with Crippen molar-refractivity contribution in [3.63, 3.8) is 0 Å². The van der Waals surface area contributed by atoms with Gasteiger partial charge in [0, 0.05) is 23.8 Å². The molecule has 3 aromatic rings. The Kier molecular flexibility index (Phi) is 7.61. The molecule has 5 heteroatoms. The Balaban J connectivity index is 1.76. The van der Waals surface area contributed by atoms with Gasteiger partial charge >= 0.3 is 0 Å². The lowest BCUT2D eigenvalue weighted by Crippen LogP contribution is -2.45. The van der Waals surface area contributed by atoms with Crippen molar-refractivity contribution in [2.45, 2.75) is 57.5 Å². The fraction of sp³-hybridized carbons (Fsp3) is 0.321. The van der Waals surface area contributed by atoms with Gasteiger partial charge < -0.3 is 10.2 Å². The van der Waals surface area contributed by atoms with Crippen LogP contribution in [0.1, 0.15) is 54.8 Å². The van der Waals surface area contributed by atoms with Crippen LogP contribution in [0.4, 0.5) is 10.1 Å². The number of nitrogens with one attached hydrogen (secondary N) is 1. The highest BCUT2D eigenvalue weighted by atomic mass is 32.1. The third-order valence-electron chi connectivity index (χ3n) is 6.36. The lowest BCUT2D eigenvalue weighted by Gasteiger charge is -2.36. The van der Waals surface area contributed by atoms with E-state index in [1.54, 1.807) is 17.4 Å². The summed E-state index contributed by atoms with van der Waals surface area (Å²) in [6.07, 6.45) is 6.08. The summed E-state index contributed by atoms with van der Waals surface area (Å²) in [5, 5.41) is 7.42. The number of hydrogen-bond donors (Lipinski definition) is 1. The summed E-state index contributed by atoms with van der Waals surface area (Å²) >= 11 is 1.63. The summed E-state index contributed by atoms with van der Waals surface area (Å²) in [6.45, 7) is 6.38. The van der Waals surface area contributed by atoms with E-state index < -0.39 is 6.04 Å². The van der Waals surface area contributed by atoms with E-state index in [0.717, 1.165) is 48.1 Å². The zero-order chi connectivity index (χ0) is 23.2. The number of allylic oxidation sites excluding steroid dienone is 1. The highest BCUT2D eigenvalue weighted by Gasteiger charge is 2.32. The predicted octanol–water partition coefficient (Wildman–Crippen LogP) is 6.95. The van der Waals surface area contributed by atoms with Crippen molar-refractivity contribution in [2.75, 3.05) is 4.90 Å². The molecule has 0 bridgehead atoms. The Labute approximate surface area is 200 Å². The molecule has 3 nitrogen and oxygen atoms in total. The second-order valence-electron chi connectivity index (χ2n) is 8.83. The number of carbonyl (C=O) groups excluding carboxylic acids is 1. The van der Waals surface area contributed by atoms with Gasteiger partial charge in [0.1, 0.15) is 11.9 Å². The average molecular weight is 463 g/mol. The molecule has 1 unspecified atom stereocenters. The minimum absolute atomic E-state index is 0.0630. The lowest BCUT2D eigenvalue weighted by atomic mass is 9.93. The third-order valence-corrected chi connectivity index (χ3v) is 7.09. The summed E-state index contributed by atoms with van der Waals surface area (Å²) in [5.74, 6) is -0.399. The smallest absolute Gasteiger partial charge is 0.247 e. The van der Waals surface area contributed by atoms with E-state index in [1.807, 2.05) is 47.5 Å². The Morgan fingerprint density at radius 3 is 2.64 bits per heavy atom. The van der Waals surface area contributed by atoms with E-state index in [-0.39, 0.29) is 17.8 Å². The van der Waals surface area contributed by atoms with Crippen LogP contribution in [0.25, 0.3) is 0 Å². The molecule has 1 aliphatic rings. The maximum absolute atomic E-state index is 14.3. The Bertz CT molecular complexity index is 1090. The van der Waals surface area contributed by atoms with Gasteiger partial charge in [0.05, 0.1) is 0 Å². The number of aryl methyl sites for hydroxylation is 1. The van der Waals surface area contributed by atoms with E-state index in [4.69, 9.17) is 0 Å². The molecule has 1 aliphatic carbocycles. The first-order chi connectivity index (χ1) is 16.0. The van der Waals surface area contributed by atoms with Crippen LogP contribution >= 0.6 is 11.3 Å². The summed E-state index contributed by atoms with van der Waals surface area (Å²) in [5.41, 5.74) is 4.43. The van der Waals surface area contributed by atoms with Crippen molar-refractivity contribution in [3.05, 3.63) is 100 Å². The van der Waals surface area contributed by atoms with Crippen LogP contribution < -0.4 is 10.2 Å². The molecule has 0 saturated heterocycles. The zero-order valence-electron chi connectivity index (χ0n) is 19.1. The normalized spacial score (nSPS) is 15.1. The molecule has 0 radical (unpaired) electrons. The van der Waals surface area contributed by atoms with Crippen LogP contribution in [0.5, 0.6) is 0 Å². The summed E-state index contributed by atoms with van der Waals surface area (Å²) in [4.78, 5) is 15.8. The lowest BCUT2D eigenvalue weighted by molar-refractivity contribution is -0.123. The molecule has 4 rings (SSSR count). The molecule has 1 fully saturated rings. The minimum atomic E-state index is -0.638. The van der Waals surface area contributed by atoms with Crippen molar-refractivity contribution in [1.82, 2.24) is 5.32 Å². The molecular weight excluding hydrogens is 431 g/mol. The van der Waals surface area contributed by atoms with Gasteiger partial charge in [0.2, 0.25) is 5.91 Å². The fourth-order valence-electron chi connectivity index (χ4n) is 4.67. The Hall–Kier alpha value is -2.92. The van der Waals surface area contributed by atoms with Crippen LogP contribution in [0.15, 0.2) is 77.6 Å². The predicted molar refractivity (Wildman–Crippen MR) is 135 cm³/mol. The van der Waals surface area contributed by atoms with Crippen LogP contribution in [0, 0.1) is 12.7 Å². The number of thiophene rings is 1. The first-order valence-corrected chi connectivity index (χ1v) is 12.6. The highest BCUT2D eigenvalue weighted by molar-refractivity contribution is 7.07.